The first-order chi connectivity index (χ1) is 22.1. The molecule has 0 saturated heterocycles. The smallest absolute Gasteiger partial charge is 0.160 e. The van der Waals surface area contributed by atoms with Gasteiger partial charge in [0, 0.05) is 27.7 Å². The first-order valence-electron chi connectivity index (χ1n) is 15.6. The van der Waals surface area contributed by atoms with Crippen LogP contribution in [0.3, 0.4) is 0 Å². The standard InChI is InChI=1S/C43H30N2/c1-43(2)38-35-24-11-9-22-33(35)32-21-8-10-23-34(32)37(38)41-39(43)40(36-25-13-17-28-16-6-7-20-31(28)36)44-42(45-41)30-19-12-18-29(26-30)27-14-4-3-5-15-27/h3-26H,1-2H3. The van der Waals surface area contributed by atoms with Crippen LogP contribution in [0.25, 0.3) is 77.3 Å². The predicted molar refractivity (Wildman–Crippen MR) is 188 cm³/mol. The first kappa shape index (κ1) is 25.9. The third-order valence-electron chi connectivity index (χ3n) is 9.60. The minimum atomic E-state index is -0.328. The fourth-order valence-electron chi connectivity index (χ4n) is 7.62. The minimum Gasteiger partial charge on any atom is -0.228 e. The zero-order chi connectivity index (χ0) is 30.1. The zero-order valence-electron chi connectivity index (χ0n) is 25.3. The van der Waals surface area contributed by atoms with Gasteiger partial charge in [0.05, 0.1) is 11.4 Å². The molecule has 0 spiro atoms. The summed E-state index contributed by atoms with van der Waals surface area (Å²) in [5, 5.41) is 7.47. The number of aromatic nitrogens is 2. The molecule has 2 heteroatoms. The van der Waals surface area contributed by atoms with E-state index in [0.717, 1.165) is 33.9 Å². The predicted octanol–water partition coefficient (Wildman–Crippen LogP) is 11.2. The summed E-state index contributed by atoms with van der Waals surface area (Å²) >= 11 is 0. The molecule has 8 aromatic rings. The van der Waals surface area contributed by atoms with E-state index < -0.39 is 0 Å². The zero-order valence-corrected chi connectivity index (χ0v) is 25.3. The van der Waals surface area contributed by atoms with Gasteiger partial charge < -0.3 is 0 Å². The van der Waals surface area contributed by atoms with E-state index in [1.54, 1.807) is 0 Å². The van der Waals surface area contributed by atoms with Crippen LogP contribution in [0.15, 0.2) is 146 Å². The second kappa shape index (κ2) is 9.70. The van der Waals surface area contributed by atoms with Crippen LogP contribution in [-0.4, -0.2) is 9.97 Å². The summed E-state index contributed by atoms with van der Waals surface area (Å²) < 4.78 is 0. The summed E-state index contributed by atoms with van der Waals surface area (Å²) in [5.74, 6) is 0.746. The maximum absolute atomic E-state index is 5.51. The van der Waals surface area contributed by atoms with Crippen molar-refractivity contribution in [1.82, 2.24) is 9.97 Å². The number of hydrogen-bond acceptors (Lipinski definition) is 2. The topological polar surface area (TPSA) is 25.8 Å². The Labute approximate surface area is 262 Å². The van der Waals surface area contributed by atoms with Gasteiger partial charge in [0.2, 0.25) is 0 Å². The number of fused-ring (bicyclic) bond motifs is 9. The van der Waals surface area contributed by atoms with Gasteiger partial charge in [0.1, 0.15) is 0 Å². The molecule has 7 aromatic carbocycles. The van der Waals surface area contributed by atoms with Crippen LogP contribution in [-0.2, 0) is 5.41 Å². The molecule has 0 atom stereocenters. The van der Waals surface area contributed by atoms with Crippen LogP contribution >= 0.6 is 0 Å². The lowest BCUT2D eigenvalue weighted by atomic mass is 9.77. The second-order valence-electron chi connectivity index (χ2n) is 12.6. The van der Waals surface area contributed by atoms with Crippen molar-refractivity contribution in [3.63, 3.8) is 0 Å². The summed E-state index contributed by atoms with van der Waals surface area (Å²) in [6.07, 6.45) is 0. The van der Waals surface area contributed by atoms with Gasteiger partial charge in [-0.2, -0.15) is 0 Å². The van der Waals surface area contributed by atoms with Crippen molar-refractivity contribution < 1.29 is 0 Å². The molecule has 0 saturated carbocycles. The Hall–Kier alpha value is -5.60. The van der Waals surface area contributed by atoms with Gasteiger partial charge in [-0.3, -0.25) is 0 Å². The molecule has 2 nitrogen and oxygen atoms in total. The van der Waals surface area contributed by atoms with Crippen molar-refractivity contribution in [2.24, 2.45) is 0 Å². The van der Waals surface area contributed by atoms with E-state index in [4.69, 9.17) is 9.97 Å². The Morgan fingerprint density at radius 3 is 1.78 bits per heavy atom. The Morgan fingerprint density at radius 1 is 0.422 bits per heavy atom. The molecule has 1 heterocycles. The lowest BCUT2D eigenvalue weighted by Crippen LogP contribution is -2.18. The van der Waals surface area contributed by atoms with Crippen molar-refractivity contribution in [1.29, 1.82) is 0 Å². The maximum Gasteiger partial charge on any atom is 0.160 e. The summed E-state index contributed by atoms with van der Waals surface area (Å²) in [6.45, 7) is 4.71. The van der Waals surface area contributed by atoms with Crippen LogP contribution in [0.2, 0.25) is 0 Å². The van der Waals surface area contributed by atoms with Gasteiger partial charge in [-0.25, -0.2) is 9.97 Å². The molecule has 1 aromatic heterocycles. The molecular formula is C43H30N2. The van der Waals surface area contributed by atoms with Crippen LogP contribution in [0.1, 0.15) is 25.0 Å². The monoisotopic (exact) mass is 574 g/mol. The van der Waals surface area contributed by atoms with Crippen LogP contribution < -0.4 is 0 Å². The first-order valence-corrected chi connectivity index (χ1v) is 15.6. The average Bonchev–Trinajstić information content (AvgIpc) is 3.35. The number of benzene rings is 7. The van der Waals surface area contributed by atoms with Crippen molar-refractivity contribution in [2.45, 2.75) is 19.3 Å². The van der Waals surface area contributed by atoms with E-state index >= 15 is 0 Å². The molecule has 0 bridgehead atoms. The van der Waals surface area contributed by atoms with E-state index in [2.05, 4.69) is 159 Å². The number of rotatable bonds is 3. The average molecular weight is 575 g/mol. The highest BCUT2D eigenvalue weighted by molar-refractivity contribution is 6.18. The van der Waals surface area contributed by atoms with E-state index in [1.165, 1.54) is 54.6 Å². The van der Waals surface area contributed by atoms with Crippen molar-refractivity contribution in [3.05, 3.63) is 157 Å². The second-order valence-corrected chi connectivity index (χ2v) is 12.6. The van der Waals surface area contributed by atoms with E-state index in [0.29, 0.717) is 0 Å². The van der Waals surface area contributed by atoms with E-state index in [1.807, 2.05) is 0 Å². The molecule has 0 fully saturated rings. The van der Waals surface area contributed by atoms with Crippen LogP contribution in [0, 0.1) is 0 Å². The quantitative estimate of drug-likeness (QED) is 0.196. The molecule has 212 valence electrons. The highest BCUT2D eigenvalue weighted by Gasteiger charge is 2.42. The maximum atomic E-state index is 5.51. The highest BCUT2D eigenvalue weighted by atomic mass is 14.9. The van der Waals surface area contributed by atoms with Gasteiger partial charge in [-0.05, 0) is 55.1 Å². The third-order valence-corrected chi connectivity index (χ3v) is 9.60. The fraction of sp³-hybridized carbons (Fsp3) is 0.0698. The van der Waals surface area contributed by atoms with Crippen molar-refractivity contribution in [3.8, 4) is 45.0 Å². The van der Waals surface area contributed by atoms with Gasteiger partial charge in [-0.1, -0.05) is 153 Å². The molecule has 1 aliphatic rings. The highest BCUT2D eigenvalue weighted by Crippen LogP contribution is 2.56. The Kier molecular flexibility index (Phi) is 5.58. The molecule has 45 heavy (non-hydrogen) atoms. The van der Waals surface area contributed by atoms with E-state index in [-0.39, 0.29) is 5.41 Å². The van der Waals surface area contributed by atoms with E-state index in [9.17, 15) is 0 Å². The molecule has 1 aliphatic carbocycles. The molecule has 9 rings (SSSR count). The summed E-state index contributed by atoms with van der Waals surface area (Å²) in [7, 11) is 0. The molecule has 0 aliphatic heterocycles. The lowest BCUT2D eigenvalue weighted by Gasteiger charge is -2.26. The van der Waals surface area contributed by atoms with Gasteiger partial charge >= 0.3 is 0 Å². The Bertz CT molecular complexity index is 2450. The molecule has 0 N–H and O–H groups in total. The normalized spacial score (nSPS) is 13.3. The van der Waals surface area contributed by atoms with Crippen LogP contribution in [0.4, 0.5) is 0 Å². The minimum absolute atomic E-state index is 0.328. The molecule has 0 amide bonds. The summed E-state index contributed by atoms with van der Waals surface area (Å²) in [5.41, 5.74) is 9.95. The summed E-state index contributed by atoms with van der Waals surface area (Å²) in [6, 6.07) is 52.0. The molecule has 0 radical (unpaired) electrons. The number of hydrogen-bond donors (Lipinski definition) is 0. The molecule has 0 unspecified atom stereocenters. The lowest BCUT2D eigenvalue weighted by molar-refractivity contribution is 0.664. The van der Waals surface area contributed by atoms with Gasteiger partial charge in [-0.15, -0.1) is 0 Å². The van der Waals surface area contributed by atoms with Gasteiger partial charge in [0.25, 0.3) is 0 Å². The largest absolute Gasteiger partial charge is 0.228 e. The van der Waals surface area contributed by atoms with Gasteiger partial charge in [0.15, 0.2) is 5.82 Å². The third kappa shape index (κ3) is 3.82. The number of nitrogens with zero attached hydrogens (tertiary/aromatic N) is 2. The summed E-state index contributed by atoms with van der Waals surface area (Å²) in [4.78, 5) is 11.0. The Morgan fingerprint density at radius 2 is 0.978 bits per heavy atom. The fourth-order valence-corrected chi connectivity index (χ4v) is 7.62. The van der Waals surface area contributed by atoms with Crippen molar-refractivity contribution >= 4 is 32.3 Å². The SMILES string of the molecule is CC1(C)c2c(-c3cccc4ccccc34)nc(-c3cccc(-c4ccccc4)c3)nc2-c2c1c1ccccc1c1ccccc21. The van der Waals surface area contributed by atoms with Crippen molar-refractivity contribution in [2.75, 3.05) is 0 Å². The Balaban J connectivity index is 1.42. The molecular weight excluding hydrogens is 544 g/mol. The van der Waals surface area contributed by atoms with Crippen LogP contribution in [0.5, 0.6) is 0 Å².